The molecule has 10 heteroatoms. The van der Waals surface area contributed by atoms with E-state index < -0.39 is 16.0 Å². The molecule has 1 saturated heterocycles. The van der Waals surface area contributed by atoms with Crippen molar-refractivity contribution in [2.24, 2.45) is 0 Å². The van der Waals surface area contributed by atoms with E-state index in [0.29, 0.717) is 32.1 Å². The molecular weight excluding hydrogens is 364 g/mol. The summed E-state index contributed by atoms with van der Waals surface area (Å²) in [5.74, 6) is -0.918. The maximum absolute atomic E-state index is 12.0. The molecule has 1 aliphatic heterocycles. The number of hydrogen-bond acceptors (Lipinski definition) is 6. The maximum atomic E-state index is 12.0. The minimum atomic E-state index is -3.51. The predicted molar refractivity (Wildman–Crippen MR) is 79.6 cm³/mol. The van der Waals surface area contributed by atoms with E-state index in [9.17, 15) is 13.2 Å². The van der Waals surface area contributed by atoms with E-state index in [4.69, 9.17) is 5.11 Å². The average Bonchev–Trinajstić information content (AvgIpc) is 2.46. The van der Waals surface area contributed by atoms with Crippen LogP contribution in [0.5, 0.6) is 0 Å². The van der Waals surface area contributed by atoms with Gasteiger partial charge in [-0.05, 0) is 15.9 Å². The lowest BCUT2D eigenvalue weighted by Crippen LogP contribution is -2.49. The van der Waals surface area contributed by atoms with Crippen molar-refractivity contribution >= 4 is 37.9 Å². The van der Waals surface area contributed by atoms with Gasteiger partial charge in [-0.25, -0.2) is 18.4 Å². The van der Waals surface area contributed by atoms with Gasteiger partial charge in [0.15, 0.2) is 0 Å². The van der Waals surface area contributed by atoms with Gasteiger partial charge < -0.3 is 10.0 Å². The van der Waals surface area contributed by atoms with Crippen LogP contribution in [0.1, 0.15) is 6.42 Å². The van der Waals surface area contributed by atoms with Crippen LogP contribution in [-0.2, 0) is 14.8 Å². The van der Waals surface area contributed by atoms with E-state index in [-0.39, 0.29) is 12.2 Å². The quantitative estimate of drug-likeness (QED) is 0.778. The van der Waals surface area contributed by atoms with Crippen molar-refractivity contribution in [2.45, 2.75) is 6.42 Å². The first-order valence-corrected chi connectivity index (χ1v) is 8.71. The summed E-state index contributed by atoms with van der Waals surface area (Å²) < 4.78 is 26.1. The summed E-state index contributed by atoms with van der Waals surface area (Å²) in [5, 5.41) is 8.58. The molecule has 0 atom stereocenters. The van der Waals surface area contributed by atoms with E-state index >= 15 is 0 Å². The van der Waals surface area contributed by atoms with Gasteiger partial charge in [0.2, 0.25) is 16.0 Å². The third kappa shape index (κ3) is 4.35. The zero-order valence-corrected chi connectivity index (χ0v) is 13.5. The number of aliphatic carboxylic acids is 1. The molecule has 1 aliphatic rings. The highest BCUT2D eigenvalue weighted by molar-refractivity contribution is 9.10. The fraction of sp³-hybridized carbons (Fsp3) is 0.545. The van der Waals surface area contributed by atoms with Crippen LogP contribution in [0.2, 0.25) is 0 Å². The minimum absolute atomic E-state index is 0.307. The lowest BCUT2D eigenvalue weighted by Gasteiger charge is -2.33. The molecule has 2 heterocycles. The molecule has 0 spiro atoms. The molecule has 0 saturated carbocycles. The first-order valence-electron chi connectivity index (χ1n) is 6.30. The molecule has 1 fully saturated rings. The summed E-state index contributed by atoms with van der Waals surface area (Å²) in [7, 11) is -3.51. The van der Waals surface area contributed by atoms with Crippen molar-refractivity contribution in [3.63, 3.8) is 0 Å². The Morgan fingerprint density at radius 3 is 2.33 bits per heavy atom. The normalized spacial score (nSPS) is 16.9. The van der Waals surface area contributed by atoms with E-state index in [1.54, 1.807) is 12.4 Å². The van der Waals surface area contributed by atoms with Crippen molar-refractivity contribution in [1.29, 1.82) is 0 Å². The number of carboxylic acid groups (broad SMARTS) is 1. The highest BCUT2D eigenvalue weighted by Crippen LogP contribution is 2.15. The number of halogens is 1. The van der Waals surface area contributed by atoms with Crippen LogP contribution in [0.3, 0.4) is 0 Å². The number of hydrogen-bond donors (Lipinski definition) is 1. The standard InChI is InChI=1S/C11H15BrN4O4S/c12-9-7-13-11(14-8-9)15-2-4-16(5-3-15)21(19,20)6-1-10(17)18/h7-8H,1-6H2,(H,17,18). The summed E-state index contributed by atoms with van der Waals surface area (Å²) in [6.45, 7) is 1.57. The van der Waals surface area contributed by atoms with Gasteiger partial charge in [-0.1, -0.05) is 0 Å². The highest BCUT2D eigenvalue weighted by atomic mass is 79.9. The number of aromatic nitrogens is 2. The molecule has 1 aromatic heterocycles. The number of nitrogens with zero attached hydrogens (tertiary/aromatic N) is 4. The average molecular weight is 379 g/mol. The predicted octanol–water partition coefficient (Wildman–Crippen LogP) is 0.166. The van der Waals surface area contributed by atoms with Crippen molar-refractivity contribution in [3.05, 3.63) is 16.9 Å². The third-order valence-electron chi connectivity index (χ3n) is 3.10. The Labute approximate surface area is 131 Å². The van der Waals surface area contributed by atoms with Gasteiger partial charge in [0, 0.05) is 38.6 Å². The van der Waals surface area contributed by atoms with Crippen LogP contribution in [-0.4, -0.2) is 65.7 Å². The molecule has 21 heavy (non-hydrogen) atoms. The molecule has 0 bridgehead atoms. The second-order valence-electron chi connectivity index (χ2n) is 4.55. The fourth-order valence-electron chi connectivity index (χ4n) is 1.98. The number of carbonyl (C=O) groups is 1. The Kier molecular flexibility index (Phi) is 5.12. The molecule has 0 aromatic carbocycles. The van der Waals surface area contributed by atoms with Crippen molar-refractivity contribution in [3.8, 4) is 0 Å². The van der Waals surface area contributed by atoms with Gasteiger partial charge >= 0.3 is 5.97 Å². The first-order chi connectivity index (χ1) is 9.88. The van der Waals surface area contributed by atoms with Crippen molar-refractivity contribution in [1.82, 2.24) is 14.3 Å². The van der Waals surface area contributed by atoms with Crippen LogP contribution in [0, 0.1) is 0 Å². The molecule has 0 radical (unpaired) electrons. The largest absolute Gasteiger partial charge is 0.481 e. The Morgan fingerprint density at radius 2 is 1.81 bits per heavy atom. The van der Waals surface area contributed by atoms with Crippen molar-refractivity contribution < 1.29 is 18.3 Å². The lowest BCUT2D eigenvalue weighted by molar-refractivity contribution is -0.136. The summed E-state index contributed by atoms with van der Waals surface area (Å²) in [6, 6.07) is 0. The molecule has 116 valence electrons. The Bertz CT molecular complexity index is 599. The number of rotatable bonds is 5. The van der Waals surface area contributed by atoms with Gasteiger partial charge in [0.05, 0.1) is 16.6 Å². The van der Waals surface area contributed by atoms with Gasteiger partial charge in [-0.3, -0.25) is 4.79 Å². The summed E-state index contributed by atoms with van der Waals surface area (Å²) in [5.41, 5.74) is 0. The van der Waals surface area contributed by atoms with Gasteiger partial charge in [-0.15, -0.1) is 0 Å². The Balaban J connectivity index is 1.93. The lowest BCUT2D eigenvalue weighted by atomic mass is 10.4. The van der Waals surface area contributed by atoms with Crippen LogP contribution >= 0.6 is 15.9 Å². The second kappa shape index (κ2) is 6.67. The molecule has 0 amide bonds. The van der Waals surface area contributed by atoms with Crippen LogP contribution in [0.15, 0.2) is 16.9 Å². The Hall–Kier alpha value is -1.26. The summed E-state index contributed by atoms with van der Waals surface area (Å²) in [6.07, 6.45) is 2.90. The topological polar surface area (TPSA) is 104 Å². The number of piperazine rings is 1. The minimum Gasteiger partial charge on any atom is -0.481 e. The molecule has 2 rings (SSSR count). The number of sulfonamides is 1. The van der Waals surface area contributed by atoms with E-state index in [1.165, 1.54) is 4.31 Å². The molecular formula is C11H15BrN4O4S. The first kappa shape index (κ1) is 16.1. The SMILES string of the molecule is O=C(O)CCS(=O)(=O)N1CCN(c2ncc(Br)cn2)CC1. The van der Waals surface area contributed by atoms with Crippen LogP contribution in [0.25, 0.3) is 0 Å². The van der Waals surface area contributed by atoms with E-state index in [1.807, 2.05) is 4.90 Å². The zero-order chi connectivity index (χ0) is 15.5. The van der Waals surface area contributed by atoms with Gasteiger partial charge in [-0.2, -0.15) is 4.31 Å². The molecule has 0 unspecified atom stereocenters. The molecule has 8 nitrogen and oxygen atoms in total. The highest BCUT2D eigenvalue weighted by Gasteiger charge is 2.28. The third-order valence-corrected chi connectivity index (χ3v) is 5.38. The van der Waals surface area contributed by atoms with E-state index in [0.717, 1.165) is 4.47 Å². The second-order valence-corrected chi connectivity index (χ2v) is 7.55. The number of carboxylic acids is 1. The number of anilines is 1. The fourth-order valence-corrected chi connectivity index (χ4v) is 3.60. The molecule has 1 N–H and O–H groups in total. The summed E-state index contributed by atoms with van der Waals surface area (Å²) >= 11 is 3.26. The Morgan fingerprint density at radius 1 is 1.24 bits per heavy atom. The maximum Gasteiger partial charge on any atom is 0.304 e. The van der Waals surface area contributed by atoms with Crippen molar-refractivity contribution in [2.75, 3.05) is 36.8 Å². The van der Waals surface area contributed by atoms with E-state index in [2.05, 4.69) is 25.9 Å². The summed E-state index contributed by atoms with van der Waals surface area (Å²) in [4.78, 5) is 20.7. The van der Waals surface area contributed by atoms with Crippen LogP contribution < -0.4 is 4.90 Å². The zero-order valence-electron chi connectivity index (χ0n) is 11.1. The smallest absolute Gasteiger partial charge is 0.304 e. The van der Waals surface area contributed by atoms with Crippen LogP contribution in [0.4, 0.5) is 5.95 Å². The monoisotopic (exact) mass is 378 g/mol. The molecule has 0 aliphatic carbocycles. The molecule has 1 aromatic rings. The van der Waals surface area contributed by atoms with Gasteiger partial charge in [0.1, 0.15) is 0 Å². The van der Waals surface area contributed by atoms with Gasteiger partial charge in [0.25, 0.3) is 0 Å².